The molecule has 0 heterocycles. The van der Waals surface area contributed by atoms with Crippen molar-refractivity contribution in [3.8, 4) is 0 Å². The fraction of sp³-hybridized carbons (Fsp3) is 0.100. The van der Waals surface area contributed by atoms with Gasteiger partial charge in [-0.15, -0.1) is 0 Å². The minimum atomic E-state index is 0.372. The summed E-state index contributed by atoms with van der Waals surface area (Å²) in [6, 6.07) is 19.7. The summed E-state index contributed by atoms with van der Waals surface area (Å²) in [4.78, 5) is 0. The van der Waals surface area contributed by atoms with Gasteiger partial charge in [-0.05, 0) is 52.1 Å². The highest BCUT2D eigenvalue weighted by Gasteiger charge is 2.19. The second kappa shape index (κ2) is 4.85. The SMILES string of the molecule is Cc1cc(C2C=Cc3ccccc32)cc2c(Br)cccc12. The fourth-order valence-corrected chi connectivity index (χ4v) is 3.76. The molecule has 0 aromatic heterocycles. The second-order valence-electron chi connectivity index (χ2n) is 5.64. The number of hydrogen-bond donors (Lipinski definition) is 0. The van der Waals surface area contributed by atoms with E-state index in [1.54, 1.807) is 0 Å². The van der Waals surface area contributed by atoms with Crippen molar-refractivity contribution in [1.82, 2.24) is 0 Å². The molecule has 4 rings (SSSR count). The lowest BCUT2D eigenvalue weighted by molar-refractivity contribution is 1.05. The Morgan fingerprint density at radius 1 is 0.905 bits per heavy atom. The Bertz CT molecular complexity index is 874. The summed E-state index contributed by atoms with van der Waals surface area (Å²) >= 11 is 3.69. The zero-order chi connectivity index (χ0) is 14.4. The number of fused-ring (bicyclic) bond motifs is 2. The zero-order valence-corrected chi connectivity index (χ0v) is 13.4. The van der Waals surface area contributed by atoms with Gasteiger partial charge in [0.25, 0.3) is 0 Å². The van der Waals surface area contributed by atoms with Crippen molar-refractivity contribution in [2.45, 2.75) is 12.8 Å². The summed E-state index contributed by atoms with van der Waals surface area (Å²) in [6.07, 6.45) is 4.54. The third-order valence-corrected chi connectivity index (χ3v) is 5.02. The highest BCUT2D eigenvalue weighted by Crippen LogP contribution is 2.38. The van der Waals surface area contributed by atoms with Gasteiger partial charge in [-0.2, -0.15) is 0 Å². The average Bonchev–Trinajstić information content (AvgIpc) is 2.92. The number of hydrogen-bond acceptors (Lipinski definition) is 0. The number of allylic oxidation sites excluding steroid dienone is 1. The molecule has 0 saturated carbocycles. The van der Waals surface area contributed by atoms with Gasteiger partial charge >= 0.3 is 0 Å². The lowest BCUT2D eigenvalue weighted by Crippen LogP contribution is -1.97. The normalized spacial score (nSPS) is 16.4. The van der Waals surface area contributed by atoms with Gasteiger partial charge in [0.2, 0.25) is 0 Å². The molecule has 102 valence electrons. The molecule has 0 radical (unpaired) electrons. The molecular weight excluding hydrogens is 320 g/mol. The highest BCUT2D eigenvalue weighted by molar-refractivity contribution is 9.10. The van der Waals surface area contributed by atoms with Crippen molar-refractivity contribution >= 4 is 32.8 Å². The smallest absolute Gasteiger partial charge is 0.0279 e. The lowest BCUT2D eigenvalue weighted by Gasteiger charge is -2.15. The Morgan fingerprint density at radius 2 is 1.76 bits per heavy atom. The molecule has 0 spiro atoms. The number of benzene rings is 3. The van der Waals surface area contributed by atoms with E-state index in [0.717, 1.165) is 0 Å². The molecule has 1 aliphatic rings. The van der Waals surface area contributed by atoms with Crippen LogP contribution in [0.3, 0.4) is 0 Å². The molecule has 1 aliphatic carbocycles. The van der Waals surface area contributed by atoms with E-state index in [9.17, 15) is 0 Å². The van der Waals surface area contributed by atoms with E-state index < -0.39 is 0 Å². The van der Waals surface area contributed by atoms with Crippen molar-refractivity contribution in [1.29, 1.82) is 0 Å². The van der Waals surface area contributed by atoms with Crippen LogP contribution in [0, 0.1) is 6.92 Å². The molecular formula is C20H15Br. The van der Waals surface area contributed by atoms with Crippen molar-refractivity contribution in [2.24, 2.45) is 0 Å². The summed E-state index contributed by atoms with van der Waals surface area (Å²) in [5.41, 5.74) is 5.45. The summed E-state index contributed by atoms with van der Waals surface area (Å²) in [5, 5.41) is 2.62. The van der Waals surface area contributed by atoms with Gasteiger partial charge in [-0.25, -0.2) is 0 Å². The van der Waals surface area contributed by atoms with Gasteiger partial charge in [0.15, 0.2) is 0 Å². The maximum atomic E-state index is 3.69. The van der Waals surface area contributed by atoms with Crippen LogP contribution in [-0.2, 0) is 0 Å². The highest BCUT2D eigenvalue weighted by atomic mass is 79.9. The molecule has 0 bridgehead atoms. The van der Waals surface area contributed by atoms with Gasteiger partial charge in [-0.1, -0.05) is 70.5 Å². The second-order valence-corrected chi connectivity index (χ2v) is 6.49. The van der Waals surface area contributed by atoms with Crippen molar-refractivity contribution in [3.05, 3.63) is 87.4 Å². The van der Waals surface area contributed by atoms with Gasteiger partial charge < -0.3 is 0 Å². The van der Waals surface area contributed by atoms with Crippen LogP contribution in [0.4, 0.5) is 0 Å². The Morgan fingerprint density at radius 3 is 2.67 bits per heavy atom. The Labute approximate surface area is 133 Å². The Hall–Kier alpha value is -1.86. The van der Waals surface area contributed by atoms with Gasteiger partial charge in [0, 0.05) is 10.4 Å². The lowest BCUT2D eigenvalue weighted by atomic mass is 9.90. The first-order valence-electron chi connectivity index (χ1n) is 7.20. The molecule has 1 atom stereocenters. The van der Waals surface area contributed by atoms with E-state index in [1.165, 1.54) is 37.5 Å². The van der Waals surface area contributed by atoms with E-state index >= 15 is 0 Å². The molecule has 0 nitrogen and oxygen atoms in total. The van der Waals surface area contributed by atoms with Crippen LogP contribution in [0.15, 0.2) is 65.1 Å². The van der Waals surface area contributed by atoms with Crippen molar-refractivity contribution in [2.75, 3.05) is 0 Å². The topological polar surface area (TPSA) is 0 Å². The summed E-state index contributed by atoms with van der Waals surface area (Å²) in [7, 11) is 0. The largest absolute Gasteiger partial charge is 0.0720 e. The van der Waals surface area contributed by atoms with Crippen molar-refractivity contribution < 1.29 is 0 Å². The predicted octanol–water partition coefficient (Wildman–Crippen LogP) is 6.07. The van der Waals surface area contributed by atoms with Gasteiger partial charge in [0.1, 0.15) is 0 Å². The fourth-order valence-electron chi connectivity index (χ4n) is 3.28. The van der Waals surface area contributed by atoms with E-state index in [1.807, 2.05) is 0 Å². The van der Waals surface area contributed by atoms with E-state index in [-0.39, 0.29) is 0 Å². The molecule has 1 unspecified atom stereocenters. The first-order chi connectivity index (χ1) is 10.2. The minimum absolute atomic E-state index is 0.372. The third-order valence-electron chi connectivity index (χ3n) is 4.33. The first kappa shape index (κ1) is 12.8. The molecule has 21 heavy (non-hydrogen) atoms. The molecule has 0 amide bonds. The zero-order valence-electron chi connectivity index (χ0n) is 11.8. The summed E-state index contributed by atoms with van der Waals surface area (Å²) in [6.45, 7) is 2.20. The number of aryl methyl sites for hydroxylation is 1. The molecule has 3 aromatic carbocycles. The van der Waals surface area contributed by atoms with Crippen LogP contribution in [0.25, 0.3) is 16.8 Å². The molecule has 0 aliphatic heterocycles. The monoisotopic (exact) mass is 334 g/mol. The quantitative estimate of drug-likeness (QED) is 0.506. The van der Waals surface area contributed by atoms with E-state index in [4.69, 9.17) is 0 Å². The van der Waals surface area contributed by atoms with Crippen LogP contribution < -0.4 is 0 Å². The Kier molecular flexibility index (Phi) is 2.97. The van der Waals surface area contributed by atoms with Crippen LogP contribution in [0.5, 0.6) is 0 Å². The number of halogens is 1. The molecule has 0 N–H and O–H groups in total. The average molecular weight is 335 g/mol. The molecule has 0 saturated heterocycles. The van der Waals surface area contributed by atoms with Gasteiger partial charge in [-0.3, -0.25) is 0 Å². The first-order valence-corrected chi connectivity index (χ1v) is 7.99. The molecule has 1 heteroatoms. The van der Waals surface area contributed by atoms with Crippen molar-refractivity contribution in [3.63, 3.8) is 0 Å². The van der Waals surface area contributed by atoms with Crippen LogP contribution in [0.2, 0.25) is 0 Å². The minimum Gasteiger partial charge on any atom is -0.0720 e. The standard InChI is InChI=1S/C20H15Br/c1-13-11-15(12-19-16(13)7-4-8-20(19)21)18-10-9-14-5-2-3-6-17(14)18/h2-12,18H,1H3. The maximum Gasteiger partial charge on any atom is 0.0279 e. The summed E-state index contributed by atoms with van der Waals surface area (Å²) < 4.78 is 1.17. The predicted molar refractivity (Wildman–Crippen MR) is 93.7 cm³/mol. The van der Waals surface area contributed by atoms with Gasteiger partial charge in [0.05, 0.1) is 0 Å². The third kappa shape index (κ3) is 2.04. The van der Waals surface area contributed by atoms with Crippen LogP contribution in [-0.4, -0.2) is 0 Å². The van der Waals surface area contributed by atoms with E-state index in [2.05, 4.69) is 89.6 Å². The number of rotatable bonds is 1. The molecule has 3 aromatic rings. The van der Waals surface area contributed by atoms with Crippen LogP contribution in [0.1, 0.15) is 28.2 Å². The van der Waals surface area contributed by atoms with Crippen LogP contribution >= 0.6 is 15.9 Å². The Balaban J connectivity index is 1.93. The maximum absolute atomic E-state index is 3.69. The molecule has 0 fully saturated rings. The summed E-state index contributed by atoms with van der Waals surface area (Å²) in [5.74, 6) is 0.372. The van der Waals surface area contributed by atoms with E-state index in [0.29, 0.717) is 5.92 Å².